The first-order chi connectivity index (χ1) is 24.7. The van der Waals surface area contributed by atoms with Crippen molar-refractivity contribution in [3.8, 4) is 17.1 Å². The standard InChI is InChI=1S/C35H39ClN6O6.2C2H6/c1-9-30(43)37(6)24-11-14-27(21(3)17-24)40-33(46)41(28-15-12-25(18-22(28)4)38(7)31(44)10-2)35(48)42(34(40)47)29-16-13-26(19-23(29)5)39(8)32(45)20-36;2*1-2/h11-19H,9-10,20H2,1-8H3;2*1-2H3. The SMILES string of the molecule is CC.CC.CCC(=O)N(C)c1ccc(-n2c(=O)n(-c3ccc(N(C)C(=O)CC)cc3C)c(=O)n(-c3ccc(N(C)C(=O)CCl)cc3C)c2=O)c(C)c1. The molecule has 0 atom stereocenters. The molecule has 13 heteroatoms. The van der Waals surface area contributed by atoms with Crippen LogP contribution in [0.5, 0.6) is 0 Å². The number of aryl methyl sites for hydroxylation is 3. The van der Waals surface area contributed by atoms with E-state index in [4.69, 9.17) is 11.6 Å². The molecule has 1 heterocycles. The van der Waals surface area contributed by atoms with Crippen molar-refractivity contribution in [2.24, 2.45) is 0 Å². The highest BCUT2D eigenvalue weighted by Gasteiger charge is 2.24. The van der Waals surface area contributed by atoms with Crippen LogP contribution >= 0.6 is 11.6 Å². The summed E-state index contributed by atoms with van der Waals surface area (Å²) in [5.41, 5.74) is 1.09. The summed E-state index contributed by atoms with van der Waals surface area (Å²) in [7, 11) is 4.85. The van der Waals surface area contributed by atoms with Gasteiger partial charge in [-0.2, -0.15) is 0 Å². The molecule has 3 amide bonds. The van der Waals surface area contributed by atoms with Crippen LogP contribution in [0.1, 0.15) is 71.1 Å². The molecule has 12 nitrogen and oxygen atoms in total. The third-order valence-electron chi connectivity index (χ3n) is 8.41. The van der Waals surface area contributed by atoms with Gasteiger partial charge in [-0.25, -0.2) is 28.1 Å². The summed E-state index contributed by atoms with van der Waals surface area (Å²) in [5.74, 6) is -0.796. The number of nitrogens with zero attached hydrogens (tertiary/aromatic N) is 6. The minimum absolute atomic E-state index is 0.113. The molecule has 0 unspecified atom stereocenters. The molecule has 52 heavy (non-hydrogen) atoms. The van der Waals surface area contributed by atoms with Crippen molar-refractivity contribution in [2.75, 3.05) is 41.7 Å². The zero-order valence-electron chi connectivity index (χ0n) is 32.3. The van der Waals surface area contributed by atoms with E-state index in [1.54, 1.807) is 104 Å². The average molecular weight is 735 g/mol. The molecular weight excluding hydrogens is 684 g/mol. The van der Waals surface area contributed by atoms with Gasteiger partial charge >= 0.3 is 17.1 Å². The summed E-state index contributed by atoms with van der Waals surface area (Å²) in [5, 5.41) is 0. The molecule has 0 aliphatic carbocycles. The molecule has 0 spiro atoms. The number of halogens is 1. The first-order valence-corrected chi connectivity index (χ1v) is 17.9. The monoisotopic (exact) mass is 734 g/mol. The van der Waals surface area contributed by atoms with E-state index in [9.17, 15) is 28.8 Å². The second-order valence-electron chi connectivity index (χ2n) is 11.5. The molecule has 4 aromatic rings. The summed E-state index contributed by atoms with van der Waals surface area (Å²) in [4.78, 5) is 84.2. The molecule has 0 radical (unpaired) electrons. The van der Waals surface area contributed by atoms with Crippen LogP contribution in [0.3, 0.4) is 0 Å². The Kier molecular flexibility index (Phi) is 15.6. The van der Waals surface area contributed by atoms with Crippen molar-refractivity contribution in [2.45, 2.75) is 75.2 Å². The maximum Gasteiger partial charge on any atom is 0.345 e. The average Bonchev–Trinajstić information content (AvgIpc) is 3.16. The Morgan fingerprint density at radius 1 is 0.519 bits per heavy atom. The third kappa shape index (κ3) is 8.62. The molecular formula is C39H51ClN6O6. The highest BCUT2D eigenvalue weighted by atomic mass is 35.5. The number of aromatic nitrogens is 3. The molecule has 0 aliphatic heterocycles. The first-order valence-electron chi connectivity index (χ1n) is 17.4. The normalized spacial score (nSPS) is 10.3. The van der Waals surface area contributed by atoms with Gasteiger partial charge in [0.05, 0.1) is 17.1 Å². The zero-order chi connectivity index (χ0) is 39.6. The number of rotatable bonds is 9. The van der Waals surface area contributed by atoms with Crippen molar-refractivity contribution >= 4 is 46.4 Å². The number of alkyl halides is 1. The highest BCUT2D eigenvalue weighted by Crippen LogP contribution is 2.24. The Hall–Kier alpha value is -5.23. The van der Waals surface area contributed by atoms with E-state index >= 15 is 0 Å². The van der Waals surface area contributed by atoms with E-state index < -0.39 is 17.1 Å². The number of hydrogen-bond acceptors (Lipinski definition) is 6. The summed E-state index contributed by atoms with van der Waals surface area (Å²) in [6, 6.07) is 14.5. The molecule has 0 bridgehead atoms. The lowest BCUT2D eigenvalue weighted by atomic mass is 10.1. The van der Waals surface area contributed by atoms with Crippen molar-refractivity contribution < 1.29 is 14.4 Å². The predicted molar refractivity (Wildman–Crippen MR) is 212 cm³/mol. The molecule has 0 fully saturated rings. The van der Waals surface area contributed by atoms with Gasteiger partial charge in [-0.15, -0.1) is 11.6 Å². The maximum atomic E-state index is 14.3. The first kappa shape index (κ1) is 42.9. The lowest BCUT2D eigenvalue weighted by molar-refractivity contribution is -0.118. The summed E-state index contributed by atoms with van der Waals surface area (Å²) < 4.78 is 2.78. The van der Waals surface area contributed by atoms with Gasteiger partial charge in [0.15, 0.2) is 0 Å². The minimum Gasteiger partial charge on any atom is -0.316 e. The van der Waals surface area contributed by atoms with Crippen LogP contribution in [0, 0.1) is 20.8 Å². The lowest BCUT2D eigenvalue weighted by Crippen LogP contribution is -2.53. The van der Waals surface area contributed by atoms with Gasteiger partial charge in [-0.1, -0.05) is 41.5 Å². The second kappa shape index (κ2) is 18.8. The van der Waals surface area contributed by atoms with Crippen molar-refractivity contribution in [3.63, 3.8) is 0 Å². The van der Waals surface area contributed by atoms with E-state index in [1.165, 1.54) is 20.8 Å². The number of anilines is 3. The highest BCUT2D eigenvalue weighted by molar-refractivity contribution is 6.29. The van der Waals surface area contributed by atoms with E-state index in [2.05, 4.69) is 0 Å². The van der Waals surface area contributed by atoms with Gasteiger partial charge < -0.3 is 14.7 Å². The number of amides is 3. The Morgan fingerprint density at radius 3 is 0.981 bits per heavy atom. The molecule has 4 rings (SSSR count). The van der Waals surface area contributed by atoms with Crippen LogP contribution in [0.25, 0.3) is 17.1 Å². The van der Waals surface area contributed by atoms with Crippen LogP contribution in [-0.2, 0) is 14.4 Å². The number of carbonyl (C=O) groups excluding carboxylic acids is 3. The molecule has 280 valence electrons. The molecule has 0 saturated heterocycles. The lowest BCUT2D eigenvalue weighted by Gasteiger charge is -2.22. The van der Waals surface area contributed by atoms with Gasteiger partial charge in [-0.05, 0) is 92.1 Å². The van der Waals surface area contributed by atoms with Gasteiger partial charge in [0, 0.05) is 51.0 Å². The second-order valence-corrected chi connectivity index (χ2v) is 11.7. The van der Waals surface area contributed by atoms with Crippen molar-refractivity contribution in [1.82, 2.24) is 13.7 Å². The number of hydrogen-bond donors (Lipinski definition) is 0. The Labute approximate surface area is 310 Å². The minimum atomic E-state index is -0.904. The molecule has 3 aromatic carbocycles. The molecule has 0 aliphatic rings. The Morgan fingerprint density at radius 2 is 0.769 bits per heavy atom. The fraction of sp³-hybridized carbons (Fsp3) is 0.385. The summed E-state index contributed by atoms with van der Waals surface area (Å²) in [6.45, 7) is 16.6. The van der Waals surface area contributed by atoms with Crippen molar-refractivity contribution in [3.05, 3.63) is 103 Å². The topological polar surface area (TPSA) is 127 Å². The van der Waals surface area contributed by atoms with E-state index in [0.29, 0.717) is 46.6 Å². The predicted octanol–water partition coefficient (Wildman–Crippen LogP) is 6.06. The summed E-state index contributed by atoms with van der Waals surface area (Å²) >= 11 is 5.74. The van der Waals surface area contributed by atoms with Gasteiger partial charge in [0.1, 0.15) is 5.88 Å². The quantitative estimate of drug-likeness (QED) is 0.192. The molecule has 0 saturated carbocycles. The summed E-state index contributed by atoms with van der Waals surface area (Å²) in [6.07, 6.45) is 0.585. The third-order valence-corrected chi connectivity index (χ3v) is 8.64. The Balaban J connectivity index is 0.00000226. The Bertz CT molecular complexity index is 1850. The van der Waals surface area contributed by atoms with Crippen LogP contribution in [0.2, 0.25) is 0 Å². The van der Waals surface area contributed by atoms with Crippen molar-refractivity contribution in [1.29, 1.82) is 0 Å². The molecule has 1 aromatic heterocycles. The fourth-order valence-corrected chi connectivity index (χ4v) is 5.64. The van der Waals surface area contributed by atoms with Crippen LogP contribution in [0.4, 0.5) is 17.1 Å². The number of benzene rings is 3. The molecule has 0 N–H and O–H groups in total. The maximum absolute atomic E-state index is 14.3. The van der Waals surface area contributed by atoms with E-state index in [0.717, 1.165) is 13.7 Å². The van der Waals surface area contributed by atoms with Crippen LogP contribution < -0.4 is 31.8 Å². The fourth-order valence-electron chi connectivity index (χ4n) is 5.46. The van der Waals surface area contributed by atoms with Gasteiger partial charge in [0.25, 0.3) is 0 Å². The van der Waals surface area contributed by atoms with Gasteiger partial charge in [-0.3, -0.25) is 14.4 Å². The van der Waals surface area contributed by atoms with Crippen LogP contribution in [0.15, 0.2) is 69.0 Å². The van der Waals surface area contributed by atoms with Crippen LogP contribution in [-0.4, -0.2) is 58.4 Å². The zero-order valence-corrected chi connectivity index (χ0v) is 33.1. The van der Waals surface area contributed by atoms with E-state index in [1.807, 2.05) is 27.7 Å². The number of carbonyl (C=O) groups is 3. The largest absolute Gasteiger partial charge is 0.345 e. The van der Waals surface area contributed by atoms with E-state index in [-0.39, 0.29) is 40.7 Å². The smallest absolute Gasteiger partial charge is 0.316 e. The van der Waals surface area contributed by atoms with Gasteiger partial charge in [0.2, 0.25) is 17.7 Å².